The molecule has 0 unspecified atom stereocenters. The van der Waals surface area contributed by atoms with Crippen LogP contribution in [0.25, 0.3) is 0 Å². The van der Waals surface area contributed by atoms with Crippen molar-refractivity contribution in [2.24, 2.45) is 0 Å². The first-order valence-electron chi connectivity index (χ1n) is 6.61. The molecule has 1 heterocycles. The predicted octanol–water partition coefficient (Wildman–Crippen LogP) is 0.300. The van der Waals surface area contributed by atoms with E-state index in [1.165, 1.54) is 19.2 Å². The summed E-state index contributed by atoms with van der Waals surface area (Å²) in [4.78, 5) is 13.7. The molecule has 1 N–H and O–H groups in total. The second kappa shape index (κ2) is 7.87. The standard InChI is InChI=1S/C13H18FN3O3S.ClH/c1-16(10-13(18)17-8-6-15-7-9-17)21(19,20)12-4-2-11(14)3-5-12;/h2-5,15H,6-10H2,1H3;1H. The van der Waals surface area contributed by atoms with Crippen molar-refractivity contribution in [2.45, 2.75) is 4.90 Å². The summed E-state index contributed by atoms with van der Waals surface area (Å²) in [5.41, 5.74) is 0. The van der Waals surface area contributed by atoms with E-state index in [0.29, 0.717) is 26.2 Å². The number of hydrogen-bond donors (Lipinski definition) is 1. The van der Waals surface area contributed by atoms with Crippen LogP contribution < -0.4 is 5.32 Å². The minimum absolute atomic E-state index is 0. The van der Waals surface area contributed by atoms with Crippen LogP contribution in [0, 0.1) is 5.82 Å². The molecule has 1 aromatic carbocycles. The first-order chi connectivity index (χ1) is 9.91. The van der Waals surface area contributed by atoms with E-state index < -0.39 is 15.8 Å². The Hall–Kier alpha value is -1.22. The molecular weight excluding hydrogens is 333 g/mol. The van der Waals surface area contributed by atoms with Gasteiger partial charge in [0.15, 0.2) is 0 Å². The molecule has 9 heteroatoms. The Labute approximate surface area is 135 Å². The van der Waals surface area contributed by atoms with Gasteiger partial charge in [0, 0.05) is 33.2 Å². The summed E-state index contributed by atoms with van der Waals surface area (Å²) in [5, 5.41) is 3.12. The van der Waals surface area contributed by atoms with Crippen LogP contribution in [0.4, 0.5) is 4.39 Å². The molecule has 0 aromatic heterocycles. The zero-order chi connectivity index (χ0) is 15.5. The highest BCUT2D eigenvalue weighted by Crippen LogP contribution is 2.14. The maximum Gasteiger partial charge on any atom is 0.243 e. The highest BCUT2D eigenvalue weighted by atomic mass is 35.5. The molecule has 1 aromatic rings. The third-order valence-electron chi connectivity index (χ3n) is 3.35. The molecule has 0 saturated carbocycles. The number of rotatable bonds is 4. The Morgan fingerprint density at radius 1 is 1.27 bits per heavy atom. The summed E-state index contributed by atoms with van der Waals surface area (Å²) in [5.74, 6) is -0.738. The minimum Gasteiger partial charge on any atom is -0.339 e. The maximum atomic E-state index is 12.9. The van der Waals surface area contributed by atoms with Gasteiger partial charge in [-0.05, 0) is 24.3 Å². The van der Waals surface area contributed by atoms with Crippen LogP contribution in [0.2, 0.25) is 0 Å². The van der Waals surface area contributed by atoms with E-state index in [1.807, 2.05) is 0 Å². The van der Waals surface area contributed by atoms with E-state index >= 15 is 0 Å². The van der Waals surface area contributed by atoms with Gasteiger partial charge in [-0.3, -0.25) is 4.79 Å². The van der Waals surface area contributed by atoms with Crippen LogP contribution in [0.3, 0.4) is 0 Å². The van der Waals surface area contributed by atoms with Gasteiger partial charge in [0.25, 0.3) is 0 Å². The van der Waals surface area contributed by atoms with Crippen molar-refractivity contribution in [3.05, 3.63) is 30.1 Å². The Balaban J connectivity index is 0.00000242. The Morgan fingerprint density at radius 2 is 1.82 bits per heavy atom. The summed E-state index contributed by atoms with van der Waals surface area (Å²) < 4.78 is 38.4. The van der Waals surface area contributed by atoms with E-state index in [9.17, 15) is 17.6 Å². The lowest BCUT2D eigenvalue weighted by molar-refractivity contribution is -0.131. The highest BCUT2D eigenvalue weighted by Gasteiger charge is 2.25. The van der Waals surface area contributed by atoms with Gasteiger partial charge in [0.1, 0.15) is 5.82 Å². The van der Waals surface area contributed by atoms with E-state index in [-0.39, 0.29) is 29.8 Å². The number of likely N-dealkylation sites (N-methyl/N-ethyl adjacent to an activating group) is 1. The van der Waals surface area contributed by atoms with Gasteiger partial charge in [-0.2, -0.15) is 4.31 Å². The quantitative estimate of drug-likeness (QED) is 0.847. The third kappa shape index (κ3) is 4.39. The van der Waals surface area contributed by atoms with Gasteiger partial charge in [0.2, 0.25) is 15.9 Å². The molecule has 6 nitrogen and oxygen atoms in total. The van der Waals surface area contributed by atoms with Gasteiger partial charge in [-0.15, -0.1) is 12.4 Å². The minimum atomic E-state index is -3.79. The summed E-state index contributed by atoms with van der Waals surface area (Å²) in [6.45, 7) is 2.34. The van der Waals surface area contributed by atoms with Gasteiger partial charge in [0.05, 0.1) is 11.4 Å². The van der Waals surface area contributed by atoms with Crippen molar-refractivity contribution in [3.63, 3.8) is 0 Å². The van der Waals surface area contributed by atoms with Gasteiger partial charge in [-0.1, -0.05) is 0 Å². The molecule has 0 aliphatic carbocycles. The molecule has 124 valence electrons. The van der Waals surface area contributed by atoms with Crippen LogP contribution in [0.1, 0.15) is 0 Å². The summed E-state index contributed by atoms with van der Waals surface area (Å²) in [6.07, 6.45) is 0. The number of halogens is 2. The van der Waals surface area contributed by atoms with Crippen molar-refractivity contribution in [2.75, 3.05) is 39.8 Å². The Morgan fingerprint density at radius 3 is 2.36 bits per heavy atom. The second-order valence-electron chi connectivity index (χ2n) is 4.85. The van der Waals surface area contributed by atoms with Crippen LogP contribution >= 0.6 is 12.4 Å². The molecule has 1 aliphatic rings. The lowest BCUT2D eigenvalue weighted by atomic mass is 10.3. The molecule has 2 rings (SSSR count). The van der Waals surface area contributed by atoms with E-state index in [0.717, 1.165) is 16.4 Å². The second-order valence-corrected chi connectivity index (χ2v) is 6.89. The van der Waals surface area contributed by atoms with Crippen molar-refractivity contribution in [1.82, 2.24) is 14.5 Å². The molecule has 22 heavy (non-hydrogen) atoms. The number of carbonyl (C=O) groups excluding carboxylic acids is 1. The fourth-order valence-electron chi connectivity index (χ4n) is 2.08. The van der Waals surface area contributed by atoms with E-state index in [2.05, 4.69) is 5.32 Å². The number of nitrogens with zero attached hydrogens (tertiary/aromatic N) is 2. The zero-order valence-corrected chi connectivity index (χ0v) is 13.8. The molecule has 0 atom stereocenters. The molecule has 1 saturated heterocycles. The smallest absolute Gasteiger partial charge is 0.243 e. The third-order valence-corrected chi connectivity index (χ3v) is 5.17. The number of benzene rings is 1. The van der Waals surface area contributed by atoms with Crippen molar-refractivity contribution < 1.29 is 17.6 Å². The van der Waals surface area contributed by atoms with Crippen LogP contribution in [-0.4, -0.2) is 63.3 Å². The predicted molar refractivity (Wildman–Crippen MR) is 82.9 cm³/mol. The number of carbonyl (C=O) groups is 1. The average molecular weight is 352 g/mol. The molecule has 0 radical (unpaired) electrons. The lowest BCUT2D eigenvalue weighted by Gasteiger charge is -2.29. The molecule has 1 aliphatic heterocycles. The van der Waals surface area contributed by atoms with Gasteiger partial charge < -0.3 is 10.2 Å². The molecule has 1 amide bonds. The lowest BCUT2D eigenvalue weighted by Crippen LogP contribution is -2.49. The Kier molecular flexibility index (Phi) is 6.73. The van der Waals surface area contributed by atoms with Crippen molar-refractivity contribution in [3.8, 4) is 0 Å². The monoisotopic (exact) mass is 351 g/mol. The number of amides is 1. The SMILES string of the molecule is CN(CC(=O)N1CCNCC1)S(=O)(=O)c1ccc(F)cc1.Cl. The Bertz CT molecular complexity index is 603. The number of piperazine rings is 1. The highest BCUT2D eigenvalue weighted by molar-refractivity contribution is 7.89. The van der Waals surface area contributed by atoms with Crippen LogP contribution in [0.5, 0.6) is 0 Å². The maximum absolute atomic E-state index is 12.9. The number of nitrogens with one attached hydrogen (secondary N) is 1. The van der Waals surface area contributed by atoms with Gasteiger partial charge >= 0.3 is 0 Å². The number of hydrogen-bond acceptors (Lipinski definition) is 4. The molecule has 0 bridgehead atoms. The topological polar surface area (TPSA) is 69.7 Å². The molecular formula is C13H19ClFN3O3S. The summed E-state index contributed by atoms with van der Waals surface area (Å²) in [7, 11) is -2.44. The molecule has 1 fully saturated rings. The first kappa shape index (κ1) is 18.8. The van der Waals surface area contributed by atoms with Crippen LogP contribution in [0.15, 0.2) is 29.2 Å². The average Bonchev–Trinajstić information content (AvgIpc) is 2.48. The normalized spacial score (nSPS) is 15.5. The van der Waals surface area contributed by atoms with Crippen LogP contribution in [-0.2, 0) is 14.8 Å². The fraction of sp³-hybridized carbons (Fsp3) is 0.462. The first-order valence-corrected chi connectivity index (χ1v) is 8.05. The van der Waals surface area contributed by atoms with Gasteiger partial charge in [-0.25, -0.2) is 12.8 Å². The van der Waals surface area contributed by atoms with Crippen molar-refractivity contribution >= 4 is 28.3 Å². The molecule has 0 spiro atoms. The van der Waals surface area contributed by atoms with E-state index in [4.69, 9.17) is 0 Å². The summed E-state index contributed by atoms with van der Waals surface area (Å²) in [6, 6.07) is 4.55. The fourth-order valence-corrected chi connectivity index (χ4v) is 3.20. The van der Waals surface area contributed by atoms with Crippen molar-refractivity contribution in [1.29, 1.82) is 0 Å². The number of sulfonamides is 1. The largest absolute Gasteiger partial charge is 0.339 e. The zero-order valence-electron chi connectivity index (χ0n) is 12.2. The van der Waals surface area contributed by atoms with E-state index in [1.54, 1.807) is 4.90 Å². The summed E-state index contributed by atoms with van der Waals surface area (Å²) >= 11 is 0.